The van der Waals surface area contributed by atoms with Gasteiger partial charge in [0, 0.05) is 12.6 Å². The summed E-state index contributed by atoms with van der Waals surface area (Å²) in [7, 11) is 0. The van der Waals surface area contributed by atoms with Crippen molar-refractivity contribution in [2.45, 2.75) is 46.8 Å². The maximum Gasteiger partial charge on any atom is 0.303 e. The fourth-order valence-corrected chi connectivity index (χ4v) is 3.35. The monoisotopic (exact) mass is 372 g/mol. The highest BCUT2D eigenvalue weighted by atomic mass is 16.5. The summed E-state index contributed by atoms with van der Waals surface area (Å²) in [4.78, 5) is 43.1. The quantitative estimate of drug-likeness (QED) is 0.596. The lowest BCUT2D eigenvalue weighted by atomic mass is 9.93. The van der Waals surface area contributed by atoms with E-state index in [9.17, 15) is 19.5 Å². The van der Waals surface area contributed by atoms with Crippen LogP contribution in [0.3, 0.4) is 0 Å². The number of carbonyl (C=O) groups is 3. The van der Waals surface area contributed by atoms with Gasteiger partial charge < -0.3 is 19.8 Å². The summed E-state index contributed by atoms with van der Waals surface area (Å²) in [6.07, 6.45) is -1.37. The van der Waals surface area contributed by atoms with Gasteiger partial charge in [-0.25, -0.2) is 0 Å². The van der Waals surface area contributed by atoms with E-state index in [1.54, 1.807) is 6.07 Å². The number of aliphatic hydroxyl groups is 1. The molecule has 2 aromatic heterocycles. The van der Waals surface area contributed by atoms with Crippen LogP contribution < -0.4 is 0 Å². The molecule has 2 aromatic rings. The summed E-state index contributed by atoms with van der Waals surface area (Å²) in [5.41, 5.74) is 1.81. The van der Waals surface area contributed by atoms with Crippen molar-refractivity contribution in [1.29, 1.82) is 0 Å². The van der Waals surface area contributed by atoms with Crippen LogP contribution in [0.4, 0.5) is 0 Å². The molecule has 144 valence electrons. The first-order valence-corrected chi connectivity index (χ1v) is 9.02. The molecular formula is C20H24N2O5. The van der Waals surface area contributed by atoms with Gasteiger partial charge in [-0.15, -0.1) is 0 Å². The maximum atomic E-state index is 12.9. The number of aromatic nitrogens is 2. The first kappa shape index (κ1) is 19.1. The van der Waals surface area contributed by atoms with Gasteiger partial charge in [0.1, 0.15) is 6.10 Å². The standard InChI is InChI=1S/C20H24N2O5/c1-8(2)17(24)13-6-11-15(21-13)19(26)12-7-14(22-16(12)18(11)25)20(9(3)4)27-10(5)23/h6-9,17,20-22,24H,1-5H3/t17-,20-/m1/s1. The van der Waals surface area contributed by atoms with Crippen LogP contribution in [0.25, 0.3) is 0 Å². The Balaban J connectivity index is 2.02. The Labute approximate surface area is 157 Å². The van der Waals surface area contributed by atoms with E-state index in [-0.39, 0.29) is 45.9 Å². The molecule has 1 aliphatic rings. The molecule has 7 nitrogen and oxygen atoms in total. The van der Waals surface area contributed by atoms with Gasteiger partial charge in [0.25, 0.3) is 0 Å². The van der Waals surface area contributed by atoms with Crippen molar-refractivity contribution in [2.24, 2.45) is 11.8 Å². The molecule has 3 rings (SSSR count). The van der Waals surface area contributed by atoms with E-state index in [0.29, 0.717) is 11.4 Å². The largest absolute Gasteiger partial charge is 0.456 e. The van der Waals surface area contributed by atoms with Crippen LogP contribution in [0.15, 0.2) is 12.1 Å². The second-order valence-corrected chi connectivity index (χ2v) is 7.65. The van der Waals surface area contributed by atoms with Crippen LogP contribution in [0.5, 0.6) is 0 Å². The number of hydrogen-bond donors (Lipinski definition) is 3. The molecule has 27 heavy (non-hydrogen) atoms. The molecule has 3 N–H and O–H groups in total. The highest BCUT2D eigenvalue weighted by Crippen LogP contribution is 2.34. The van der Waals surface area contributed by atoms with E-state index in [2.05, 4.69) is 9.97 Å². The summed E-state index contributed by atoms with van der Waals surface area (Å²) in [5.74, 6) is -1.18. The third-order valence-corrected chi connectivity index (χ3v) is 4.78. The predicted octanol–water partition coefficient (Wildman–Crippen LogP) is 3.07. The zero-order valence-corrected chi connectivity index (χ0v) is 16.0. The first-order chi connectivity index (χ1) is 12.6. The molecule has 0 unspecified atom stereocenters. The molecule has 2 atom stereocenters. The summed E-state index contributed by atoms with van der Waals surface area (Å²) < 4.78 is 5.35. The SMILES string of the molecule is CC(=O)O[C@@H](c1cc2c([nH]1)C(=O)c1cc([C@H](O)C(C)C)[nH]c1C2=O)C(C)C. The van der Waals surface area contributed by atoms with Crippen molar-refractivity contribution in [3.63, 3.8) is 0 Å². The number of hydrogen-bond acceptors (Lipinski definition) is 5. The van der Waals surface area contributed by atoms with E-state index < -0.39 is 18.2 Å². The van der Waals surface area contributed by atoms with Crippen LogP contribution in [-0.4, -0.2) is 32.6 Å². The Morgan fingerprint density at radius 1 is 0.926 bits per heavy atom. The third-order valence-electron chi connectivity index (χ3n) is 4.78. The molecule has 0 spiro atoms. The van der Waals surface area contributed by atoms with Crippen molar-refractivity contribution in [3.8, 4) is 0 Å². The Morgan fingerprint density at radius 3 is 1.85 bits per heavy atom. The number of fused-ring (bicyclic) bond motifs is 2. The maximum absolute atomic E-state index is 12.9. The summed E-state index contributed by atoms with van der Waals surface area (Å²) in [5, 5.41) is 10.2. The van der Waals surface area contributed by atoms with Crippen LogP contribution in [0.1, 0.15) is 90.3 Å². The number of nitrogens with one attached hydrogen (secondary N) is 2. The minimum atomic E-state index is -0.792. The lowest BCUT2D eigenvalue weighted by molar-refractivity contribution is -0.149. The van der Waals surface area contributed by atoms with Gasteiger partial charge >= 0.3 is 5.97 Å². The second-order valence-electron chi connectivity index (χ2n) is 7.65. The molecule has 0 amide bonds. The average Bonchev–Trinajstić information content (AvgIpc) is 3.21. The molecule has 0 saturated heterocycles. The van der Waals surface area contributed by atoms with Crippen LogP contribution >= 0.6 is 0 Å². The van der Waals surface area contributed by atoms with E-state index in [4.69, 9.17) is 4.74 Å². The van der Waals surface area contributed by atoms with Crippen LogP contribution in [0, 0.1) is 11.8 Å². The number of ketones is 2. The first-order valence-electron chi connectivity index (χ1n) is 9.02. The minimum absolute atomic E-state index is 0.0372. The molecule has 0 saturated carbocycles. The van der Waals surface area contributed by atoms with Crippen molar-refractivity contribution in [3.05, 3.63) is 46.0 Å². The highest BCUT2D eigenvalue weighted by Gasteiger charge is 2.36. The van der Waals surface area contributed by atoms with Gasteiger partial charge in [-0.05, 0) is 24.0 Å². The number of carbonyl (C=O) groups excluding carboxylic acids is 3. The Kier molecular flexibility index (Phi) is 4.82. The summed E-state index contributed by atoms with van der Waals surface area (Å²) >= 11 is 0. The molecule has 7 heteroatoms. The average molecular weight is 372 g/mol. The number of aromatic amines is 2. The number of ether oxygens (including phenoxy) is 1. The Morgan fingerprint density at radius 2 is 1.41 bits per heavy atom. The number of aliphatic hydroxyl groups excluding tert-OH is 1. The smallest absolute Gasteiger partial charge is 0.303 e. The Bertz CT molecular complexity index is 868. The van der Waals surface area contributed by atoms with Gasteiger partial charge in [-0.2, -0.15) is 0 Å². The number of rotatable bonds is 5. The fraction of sp³-hybridized carbons (Fsp3) is 0.450. The molecule has 0 aliphatic heterocycles. The van der Waals surface area contributed by atoms with E-state index in [0.717, 1.165) is 0 Å². The van der Waals surface area contributed by atoms with Crippen molar-refractivity contribution in [1.82, 2.24) is 9.97 Å². The minimum Gasteiger partial charge on any atom is -0.456 e. The topological polar surface area (TPSA) is 112 Å². The van der Waals surface area contributed by atoms with Crippen molar-refractivity contribution in [2.75, 3.05) is 0 Å². The fourth-order valence-electron chi connectivity index (χ4n) is 3.35. The number of H-pyrrole nitrogens is 2. The number of esters is 1. The van der Waals surface area contributed by atoms with Crippen molar-refractivity contribution >= 4 is 17.5 Å². The van der Waals surface area contributed by atoms with E-state index in [1.165, 1.54) is 13.0 Å². The van der Waals surface area contributed by atoms with E-state index in [1.807, 2.05) is 27.7 Å². The summed E-state index contributed by atoms with van der Waals surface area (Å²) in [6.45, 7) is 8.80. The Hall–Kier alpha value is -2.67. The predicted molar refractivity (Wildman–Crippen MR) is 97.6 cm³/mol. The van der Waals surface area contributed by atoms with Gasteiger partial charge in [-0.1, -0.05) is 27.7 Å². The van der Waals surface area contributed by atoms with Crippen LogP contribution in [-0.2, 0) is 9.53 Å². The zero-order valence-electron chi connectivity index (χ0n) is 16.0. The lowest BCUT2D eigenvalue weighted by Gasteiger charge is -2.19. The third kappa shape index (κ3) is 3.23. The van der Waals surface area contributed by atoms with Gasteiger partial charge in [-0.3, -0.25) is 14.4 Å². The van der Waals surface area contributed by atoms with Crippen molar-refractivity contribution < 1.29 is 24.2 Å². The molecule has 0 bridgehead atoms. The van der Waals surface area contributed by atoms with Gasteiger partial charge in [0.05, 0.1) is 34.3 Å². The molecule has 0 fully saturated rings. The van der Waals surface area contributed by atoms with Gasteiger partial charge in [0.2, 0.25) is 11.6 Å². The molecule has 0 aromatic carbocycles. The molecule has 1 aliphatic carbocycles. The lowest BCUT2D eigenvalue weighted by Crippen LogP contribution is -2.19. The highest BCUT2D eigenvalue weighted by molar-refractivity contribution is 6.27. The van der Waals surface area contributed by atoms with E-state index >= 15 is 0 Å². The molecular weight excluding hydrogens is 348 g/mol. The van der Waals surface area contributed by atoms with Gasteiger partial charge in [0.15, 0.2) is 0 Å². The molecule has 0 radical (unpaired) electrons. The van der Waals surface area contributed by atoms with Crippen LogP contribution in [0.2, 0.25) is 0 Å². The normalized spacial score (nSPS) is 15.7. The zero-order chi connectivity index (χ0) is 20.0. The summed E-state index contributed by atoms with van der Waals surface area (Å²) in [6, 6.07) is 3.11. The molecule has 2 heterocycles. The second kappa shape index (κ2) is 6.81.